The number of benzene rings is 1. The van der Waals surface area contributed by atoms with Crippen molar-refractivity contribution in [2.45, 2.75) is 50.0 Å². The molecule has 1 heterocycles. The normalized spacial score (nSPS) is 15.1. The Kier molecular flexibility index (Phi) is 5.56. The summed E-state index contributed by atoms with van der Waals surface area (Å²) in [5, 5.41) is 7.98. The first-order chi connectivity index (χ1) is 11.9. The molecule has 0 unspecified atom stereocenters. The fourth-order valence-electron chi connectivity index (χ4n) is 3.02. The fourth-order valence-corrected chi connectivity index (χ4v) is 4.71. The number of carbonyl (C=O) groups is 1. The Labute approximate surface area is 152 Å². The molecule has 5 nitrogen and oxygen atoms in total. The first kappa shape index (κ1) is 18.1. The number of hydrogen-bond donors (Lipinski definition) is 2. The second kappa shape index (κ2) is 7.68. The average molecular weight is 379 g/mol. The molecule has 134 valence electrons. The summed E-state index contributed by atoms with van der Waals surface area (Å²) in [7, 11) is -3.69. The maximum atomic E-state index is 12.4. The predicted octanol–water partition coefficient (Wildman–Crippen LogP) is 2.98. The van der Waals surface area contributed by atoms with Gasteiger partial charge < -0.3 is 5.32 Å². The zero-order valence-electron chi connectivity index (χ0n) is 14.0. The molecular formula is C18H22N2O3S2. The van der Waals surface area contributed by atoms with Crippen molar-refractivity contribution in [1.29, 1.82) is 0 Å². The van der Waals surface area contributed by atoms with Crippen LogP contribution in [0.4, 0.5) is 0 Å². The highest BCUT2D eigenvalue weighted by Gasteiger charge is 2.16. The van der Waals surface area contributed by atoms with Crippen molar-refractivity contribution in [3.63, 3.8) is 0 Å². The Morgan fingerprint density at radius 3 is 2.44 bits per heavy atom. The van der Waals surface area contributed by atoms with Gasteiger partial charge in [0, 0.05) is 11.4 Å². The molecule has 0 saturated heterocycles. The smallest absolute Gasteiger partial charge is 0.261 e. The highest BCUT2D eigenvalue weighted by Crippen LogP contribution is 2.28. The van der Waals surface area contributed by atoms with Gasteiger partial charge in [-0.2, -0.15) is 0 Å². The summed E-state index contributed by atoms with van der Waals surface area (Å²) < 4.78 is 22.5. The lowest BCUT2D eigenvalue weighted by Gasteiger charge is -2.07. The molecule has 25 heavy (non-hydrogen) atoms. The van der Waals surface area contributed by atoms with Gasteiger partial charge in [-0.1, -0.05) is 25.0 Å². The van der Waals surface area contributed by atoms with Gasteiger partial charge in [0.15, 0.2) is 0 Å². The van der Waals surface area contributed by atoms with Gasteiger partial charge >= 0.3 is 0 Å². The minimum atomic E-state index is -3.69. The van der Waals surface area contributed by atoms with Crippen molar-refractivity contribution in [2.75, 3.05) is 0 Å². The minimum absolute atomic E-state index is 0.0700. The summed E-state index contributed by atoms with van der Waals surface area (Å²) in [5.74, 6) is -0.0766. The molecular weight excluding hydrogens is 356 g/mol. The van der Waals surface area contributed by atoms with Crippen LogP contribution in [0.25, 0.3) is 0 Å². The quantitative estimate of drug-likeness (QED) is 0.857. The molecule has 0 bridgehead atoms. The van der Waals surface area contributed by atoms with E-state index in [2.05, 4.69) is 5.32 Å². The number of thiophene rings is 1. The van der Waals surface area contributed by atoms with Gasteiger partial charge in [0.2, 0.25) is 10.0 Å². The number of aryl methyl sites for hydroxylation is 2. The van der Waals surface area contributed by atoms with Crippen LogP contribution in [0, 0.1) is 0 Å². The third kappa shape index (κ3) is 4.68. The maximum absolute atomic E-state index is 12.4. The van der Waals surface area contributed by atoms with E-state index in [1.165, 1.54) is 48.3 Å². The molecule has 3 N–H and O–H groups in total. The van der Waals surface area contributed by atoms with E-state index in [9.17, 15) is 13.2 Å². The Hall–Kier alpha value is -1.70. The maximum Gasteiger partial charge on any atom is 0.261 e. The van der Waals surface area contributed by atoms with Crippen LogP contribution in [0.5, 0.6) is 0 Å². The van der Waals surface area contributed by atoms with Crippen LogP contribution in [-0.2, 0) is 29.4 Å². The van der Waals surface area contributed by atoms with E-state index in [-0.39, 0.29) is 10.8 Å². The van der Waals surface area contributed by atoms with Crippen molar-refractivity contribution in [3.8, 4) is 0 Å². The molecule has 0 saturated carbocycles. The molecule has 1 amide bonds. The Balaban J connectivity index is 1.63. The summed E-state index contributed by atoms with van der Waals surface area (Å²) in [6.07, 6.45) is 7.07. The van der Waals surface area contributed by atoms with Crippen LogP contribution in [0.15, 0.2) is 35.2 Å². The Bertz CT molecular complexity index is 829. The third-order valence-corrected chi connectivity index (χ3v) is 6.59. The zero-order chi connectivity index (χ0) is 17.9. The van der Waals surface area contributed by atoms with E-state index in [4.69, 9.17) is 5.14 Å². The van der Waals surface area contributed by atoms with Gasteiger partial charge in [-0.05, 0) is 55.0 Å². The van der Waals surface area contributed by atoms with Crippen molar-refractivity contribution in [1.82, 2.24) is 5.32 Å². The number of amides is 1. The number of rotatable bonds is 4. The average Bonchev–Trinajstić information content (AvgIpc) is 2.94. The molecule has 1 aromatic carbocycles. The summed E-state index contributed by atoms with van der Waals surface area (Å²) in [6.45, 7) is 0.353. The zero-order valence-corrected chi connectivity index (χ0v) is 15.6. The van der Waals surface area contributed by atoms with Crippen LogP contribution in [0.2, 0.25) is 0 Å². The highest BCUT2D eigenvalue weighted by molar-refractivity contribution is 7.89. The molecule has 2 aromatic rings. The topological polar surface area (TPSA) is 89.3 Å². The standard InChI is InChI=1S/C18H22N2O3S2/c19-25(22,23)15-9-7-13(8-10-15)12-20-18(21)17-11-14-5-3-1-2-4-6-16(14)24-17/h7-11H,1-6,12H2,(H,20,21)(H2,19,22,23). The van der Waals surface area contributed by atoms with Gasteiger partial charge in [0.1, 0.15) is 0 Å². The summed E-state index contributed by atoms with van der Waals surface area (Å²) in [5.41, 5.74) is 2.16. The number of nitrogens with one attached hydrogen (secondary N) is 1. The van der Waals surface area contributed by atoms with E-state index in [0.29, 0.717) is 6.54 Å². The van der Waals surface area contributed by atoms with E-state index < -0.39 is 10.0 Å². The molecule has 7 heteroatoms. The second-order valence-electron chi connectivity index (χ2n) is 6.34. The third-order valence-electron chi connectivity index (χ3n) is 4.43. The van der Waals surface area contributed by atoms with Crippen molar-refractivity contribution in [3.05, 3.63) is 51.2 Å². The van der Waals surface area contributed by atoms with E-state index in [1.54, 1.807) is 23.5 Å². The Morgan fingerprint density at radius 1 is 1.08 bits per heavy atom. The monoisotopic (exact) mass is 378 g/mol. The molecule has 0 spiro atoms. The molecule has 0 aliphatic heterocycles. The number of fused-ring (bicyclic) bond motifs is 1. The highest BCUT2D eigenvalue weighted by atomic mass is 32.2. The molecule has 3 rings (SSSR count). The van der Waals surface area contributed by atoms with Crippen molar-refractivity contribution >= 4 is 27.3 Å². The fraction of sp³-hybridized carbons (Fsp3) is 0.389. The molecule has 0 radical (unpaired) electrons. The van der Waals surface area contributed by atoms with Gasteiger partial charge in [-0.15, -0.1) is 11.3 Å². The van der Waals surface area contributed by atoms with Gasteiger partial charge in [0.25, 0.3) is 5.91 Å². The lowest BCUT2D eigenvalue weighted by atomic mass is 10.00. The number of sulfonamides is 1. The Morgan fingerprint density at radius 2 is 1.76 bits per heavy atom. The van der Waals surface area contributed by atoms with E-state index in [1.807, 2.05) is 6.07 Å². The van der Waals surface area contributed by atoms with Crippen LogP contribution >= 0.6 is 11.3 Å². The molecule has 0 fully saturated rings. The minimum Gasteiger partial charge on any atom is -0.347 e. The van der Waals surface area contributed by atoms with Crippen molar-refractivity contribution in [2.24, 2.45) is 5.14 Å². The summed E-state index contributed by atoms with van der Waals surface area (Å²) in [4.78, 5) is 14.6. The summed E-state index contributed by atoms with van der Waals surface area (Å²) >= 11 is 1.60. The summed E-state index contributed by atoms with van der Waals surface area (Å²) in [6, 6.07) is 8.26. The van der Waals surface area contributed by atoms with Crippen LogP contribution in [0.3, 0.4) is 0 Å². The predicted molar refractivity (Wildman–Crippen MR) is 99.2 cm³/mol. The second-order valence-corrected chi connectivity index (χ2v) is 9.04. The van der Waals surface area contributed by atoms with Crippen LogP contribution < -0.4 is 10.5 Å². The van der Waals surface area contributed by atoms with Gasteiger partial charge in [0.05, 0.1) is 9.77 Å². The molecule has 0 atom stereocenters. The molecule has 1 aromatic heterocycles. The van der Waals surface area contributed by atoms with Crippen LogP contribution in [0.1, 0.15) is 51.4 Å². The first-order valence-corrected chi connectivity index (χ1v) is 10.8. The van der Waals surface area contributed by atoms with E-state index >= 15 is 0 Å². The largest absolute Gasteiger partial charge is 0.347 e. The van der Waals surface area contributed by atoms with Gasteiger partial charge in [-0.3, -0.25) is 4.79 Å². The lowest BCUT2D eigenvalue weighted by molar-refractivity contribution is 0.0955. The molecule has 1 aliphatic carbocycles. The number of hydrogen-bond acceptors (Lipinski definition) is 4. The van der Waals surface area contributed by atoms with Crippen molar-refractivity contribution < 1.29 is 13.2 Å². The number of nitrogens with two attached hydrogens (primary N) is 1. The lowest BCUT2D eigenvalue weighted by Crippen LogP contribution is -2.21. The number of primary sulfonamides is 1. The SMILES string of the molecule is NS(=O)(=O)c1ccc(CNC(=O)c2cc3c(s2)CCCCCC3)cc1. The molecule has 1 aliphatic rings. The van der Waals surface area contributed by atoms with Crippen LogP contribution in [-0.4, -0.2) is 14.3 Å². The number of carbonyl (C=O) groups excluding carboxylic acids is 1. The van der Waals surface area contributed by atoms with Gasteiger partial charge in [-0.25, -0.2) is 13.6 Å². The first-order valence-electron chi connectivity index (χ1n) is 8.45. The van der Waals surface area contributed by atoms with E-state index in [0.717, 1.165) is 23.3 Å².